The molecule has 0 amide bonds. The zero-order valence-electron chi connectivity index (χ0n) is 28.2. The Morgan fingerprint density at radius 1 is 0.529 bits per heavy atom. The van der Waals surface area contributed by atoms with Crippen LogP contribution in [0.1, 0.15) is 24.1 Å². The van der Waals surface area contributed by atoms with E-state index in [1.54, 1.807) is 0 Å². The summed E-state index contributed by atoms with van der Waals surface area (Å²) in [6.45, 7) is 2.11. The van der Waals surface area contributed by atoms with E-state index in [-0.39, 0.29) is 6.04 Å². The summed E-state index contributed by atoms with van der Waals surface area (Å²) in [6.07, 6.45) is 0. The van der Waals surface area contributed by atoms with Gasteiger partial charge in [0.05, 0.1) is 28.1 Å². The molecule has 9 aromatic rings. The van der Waals surface area contributed by atoms with Crippen LogP contribution in [0.5, 0.6) is 0 Å². The predicted molar refractivity (Wildman–Crippen MR) is 214 cm³/mol. The van der Waals surface area contributed by atoms with Crippen LogP contribution < -0.4 is 5.73 Å². The van der Waals surface area contributed by atoms with Crippen molar-refractivity contribution in [3.63, 3.8) is 0 Å². The third kappa shape index (κ3) is 5.18. The standard InChI is InChI=1S/C46H35N5/c1-31(32-17-5-2-6-18-32)48-46(49-45(47)40-26-12-11-23-35(40)33-19-7-3-8-20-33)51-42-28-16-14-25-37(42)39-30-29-38-36-24-13-15-27-41(36)50(43(38)44(39)51)34-21-9-4-10-22-34/h2-31H,1H3,(H2,47,48,49). The topological polar surface area (TPSA) is 60.6 Å². The lowest BCUT2D eigenvalue weighted by atomic mass is 9.99. The summed E-state index contributed by atoms with van der Waals surface area (Å²) in [5.74, 6) is 0.922. The minimum absolute atomic E-state index is 0.197. The lowest BCUT2D eigenvalue weighted by Crippen LogP contribution is -2.21. The quantitative estimate of drug-likeness (QED) is 0.145. The van der Waals surface area contributed by atoms with Gasteiger partial charge in [-0.05, 0) is 47.9 Å². The van der Waals surface area contributed by atoms with Crippen molar-refractivity contribution in [2.75, 3.05) is 0 Å². The van der Waals surface area contributed by atoms with E-state index in [1.165, 1.54) is 5.39 Å². The fourth-order valence-electron chi connectivity index (χ4n) is 7.41. The number of fused-ring (bicyclic) bond motifs is 7. The lowest BCUT2D eigenvalue weighted by molar-refractivity contribution is 0.810. The molecule has 5 heteroatoms. The fraction of sp³-hybridized carbons (Fsp3) is 0.0435. The number of hydrogen-bond donors (Lipinski definition) is 1. The molecule has 2 N–H and O–H groups in total. The first-order chi connectivity index (χ1) is 25.2. The summed E-state index contributed by atoms with van der Waals surface area (Å²) in [7, 11) is 0. The Morgan fingerprint density at radius 2 is 1.08 bits per heavy atom. The van der Waals surface area contributed by atoms with Gasteiger partial charge < -0.3 is 10.3 Å². The van der Waals surface area contributed by atoms with Crippen LogP contribution in [-0.4, -0.2) is 20.9 Å². The van der Waals surface area contributed by atoms with Crippen molar-refractivity contribution in [2.24, 2.45) is 15.7 Å². The van der Waals surface area contributed by atoms with Crippen LogP contribution >= 0.6 is 0 Å². The van der Waals surface area contributed by atoms with Gasteiger partial charge in [0.15, 0.2) is 0 Å². The Bertz CT molecular complexity index is 2750. The molecule has 0 radical (unpaired) electrons. The molecule has 2 heterocycles. The predicted octanol–water partition coefficient (Wildman–Crippen LogP) is 10.9. The van der Waals surface area contributed by atoms with Crippen LogP contribution in [0.15, 0.2) is 186 Å². The summed E-state index contributed by atoms with van der Waals surface area (Å²) in [5.41, 5.74) is 16.5. The molecule has 244 valence electrons. The number of aromatic nitrogens is 2. The Kier molecular flexibility index (Phi) is 7.51. The van der Waals surface area contributed by atoms with E-state index in [1.807, 2.05) is 42.5 Å². The molecule has 1 atom stereocenters. The number of benzene rings is 7. The lowest BCUT2D eigenvalue weighted by Gasteiger charge is -2.15. The zero-order chi connectivity index (χ0) is 34.3. The fourth-order valence-corrected chi connectivity index (χ4v) is 7.41. The molecular formula is C46H35N5. The largest absolute Gasteiger partial charge is 0.383 e. The molecule has 0 aliphatic carbocycles. The van der Waals surface area contributed by atoms with Crippen LogP contribution in [0, 0.1) is 0 Å². The van der Waals surface area contributed by atoms with Gasteiger partial charge in [0, 0.05) is 32.8 Å². The number of aliphatic imine (C=N–C) groups is 2. The summed E-state index contributed by atoms with van der Waals surface area (Å²) in [5, 5.41) is 4.59. The second-order valence-electron chi connectivity index (χ2n) is 12.8. The first-order valence-electron chi connectivity index (χ1n) is 17.3. The molecule has 0 spiro atoms. The van der Waals surface area contributed by atoms with Crippen molar-refractivity contribution in [1.29, 1.82) is 0 Å². The molecule has 9 rings (SSSR count). The minimum Gasteiger partial charge on any atom is -0.383 e. The molecule has 2 aromatic heterocycles. The smallest absolute Gasteiger partial charge is 0.232 e. The monoisotopic (exact) mass is 657 g/mol. The highest BCUT2D eigenvalue weighted by molar-refractivity contribution is 6.26. The molecule has 7 aromatic carbocycles. The first kappa shape index (κ1) is 30.3. The van der Waals surface area contributed by atoms with Crippen molar-refractivity contribution < 1.29 is 0 Å². The Hall–Kier alpha value is -6.72. The molecule has 0 aliphatic rings. The van der Waals surface area contributed by atoms with E-state index in [0.717, 1.165) is 66.2 Å². The molecular weight excluding hydrogens is 623 g/mol. The van der Waals surface area contributed by atoms with Crippen molar-refractivity contribution in [2.45, 2.75) is 13.0 Å². The number of nitrogens with two attached hydrogens (primary N) is 1. The van der Waals surface area contributed by atoms with E-state index >= 15 is 0 Å². The van der Waals surface area contributed by atoms with E-state index in [2.05, 4.69) is 150 Å². The highest BCUT2D eigenvalue weighted by Crippen LogP contribution is 2.40. The highest BCUT2D eigenvalue weighted by atomic mass is 15.2. The maximum Gasteiger partial charge on any atom is 0.232 e. The Labute approximate surface area is 296 Å². The number of amidine groups is 1. The van der Waals surface area contributed by atoms with Gasteiger partial charge in [0.25, 0.3) is 0 Å². The average molecular weight is 658 g/mol. The van der Waals surface area contributed by atoms with Crippen LogP contribution in [-0.2, 0) is 0 Å². The minimum atomic E-state index is -0.197. The van der Waals surface area contributed by atoms with E-state index in [4.69, 9.17) is 15.7 Å². The first-order valence-corrected chi connectivity index (χ1v) is 17.3. The zero-order valence-corrected chi connectivity index (χ0v) is 28.2. The molecule has 5 nitrogen and oxygen atoms in total. The van der Waals surface area contributed by atoms with Crippen molar-refractivity contribution >= 4 is 55.4 Å². The normalized spacial score (nSPS) is 13.0. The summed E-state index contributed by atoms with van der Waals surface area (Å²) in [6, 6.07) is 60.9. The van der Waals surface area contributed by atoms with Crippen LogP contribution in [0.4, 0.5) is 0 Å². The SMILES string of the molecule is CC(N=C(/N=C(\N)c1ccccc1-c1ccccc1)n1c2ccccc2c2ccc3c4ccccc4n(-c4ccccc4)c3c21)c1ccccc1. The summed E-state index contributed by atoms with van der Waals surface area (Å²) < 4.78 is 4.60. The van der Waals surface area contributed by atoms with Gasteiger partial charge in [-0.1, -0.05) is 152 Å². The molecule has 0 fully saturated rings. The number of nitrogens with zero attached hydrogens (tertiary/aromatic N) is 4. The maximum atomic E-state index is 7.09. The van der Waals surface area contributed by atoms with Gasteiger partial charge >= 0.3 is 0 Å². The third-order valence-corrected chi connectivity index (χ3v) is 9.78. The van der Waals surface area contributed by atoms with Crippen molar-refractivity contribution in [1.82, 2.24) is 9.13 Å². The molecule has 0 aliphatic heterocycles. The van der Waals surface area contributed by atoms with E-state index in [9.17, 15) is 0 Å². The third-order valence-electron chi connectivity index (χ3n) is 9.78. The molecule has 0 saturated carbocycles. The Morgan fingerprint density at radius 3 is 1.80 bits per heavy atom. The molecule has 0 bridgehead atoms. The summed E-state index contributed by atoms with van der Waals surface area (Å²) in [4.78, 5) is 10.7. The van der Waals surface area contributed by atoms with Gasteiger partial charge in [-0.25, -0.2) is 4.99 Å². The maximum absolute atomic E-state index is 7.09. The second kappa shape index (κ2) is 12.6. The van der Waals surface area contributed by atoms with Crippen LogP contribution in [0.25, 0.3) is 60.4 Å². The van der Waals surface area contributed by atoms with Gasteiger partial charge in [0.1, 0.15) is 5.84 Å². The van der Waals surface area contributed by atoms with Gasteiger partial charge in [-0.15, -0.1) is 0 Å². The number of para-hydroxylation sites is 3. The van der Waals surface area contributed by atoms with E-state index in [0.29, 0.717) is 11.8 Å². The average Bonchev–Trinajstić information content (AvgIpc) is 3.72. The molecule has 1 unspecified atom stereocenters. The molecule has 51 heavy (non-hydrogen) atoms. The van der Waals surface area contributed by atoms with Gasteiger partial charge in [-0.2, -0.15) is 4.99 Å². The summed E-state index contributed by atoms with van der Waals surface area (Å²) >= 11 is 0. The second-order valence-corrected chi connectivity index (χ2v) is 12.8. The van der Waals surface area contributed by atoms with Crippen LogP contribution in [0.2, 0.25) is 0 Å². The van der Waals surface area contributed by atoms with E-state index < -0.39 is 0 Å². The highest BCUT2D eigenvalue weighted by Gasteiger charge is 2.23. The Balaban J connectivity index is 1.40. The van der Waals surface area contributed by atoms with Crippen molar-refractivity contribution in [3.8, 4) is 16.8 Å². The van der Waals surface area contributed by atoms with Crippen LogP contribution in [0.3, 0.4) is 0 Å². The molecule has 0 saturated heterocycles. The van der Waals surface area contributed by atoms with Gasteiger partial charge in [0.2, 0.25) is 5.96 Å². The number of hydrogen-bond acceptors (Lipinski definition) is 1. The van der Waals surface area contributed by atoms with Crippen molar-refractivity contribution in [3.05, 3.63) is 187 Å². The number of rotatable bonds is 5. The van der Waals surface area contributed by atoms with Gasteiger partial charge in [-0.3, -0.25) is 4.57 Å².